The lowest BCUT2D eigenvalue weighted by Crippen LogP contribution is -1.98. The van der Waals surface area contributed by atoms with Gasteiger partial charge < -0.3 is 4.74 Å². The molecule has 2 heteroatoms. The average Bonchev–Trinajstić information content (AvgIpc) is 2.40. The van der Waals surface area contributed by atoms with E-state index in [1.54, 1.807) is 6.92 Å². The third-order valence-electron chi connectivity index (χ3n) is 1.77. The first kappa shape index (κ1) is 15.7. The molecule has 0 spiro atoms. The minimum atomic E-state index is -0.418. The zero-order valence-electron chi connectivity index (χ0n) is 10.6. The van der Waals surface area contributed by atoms with Gasteiger partial charge in [-0.25, -0.2) is 4.79 Å². The van der Waals surface area contributed by atoms with Gasteiger partial charge in [0.25, 0.3) is 0 Å². The summed E-state index contributed by atoms with van der Waals surface area (Å²) in [5.41, 5.74) is 1.56. The first-order valence-corrected chi connectivity index (χ1v) is 5.43. The molecule has 0 saturated carbocycles. The fourth-order valence-corrected chi connectivity index (χ4v) is 0.846. The van der Waals surface area contributed by atoms with Crippen molar-refractivity contribution >= 4 is 12.0 Å². The molecule has 0 bridgehead atoms. The number of hydrogen-bond acceptors (Lipinski definition) is 2. The molecule has 0 fully saturated rings. The van der Waals surface area contributed by atoms with Crippen LogP contribution in [0.5, 0.6) is 0 Å². The average molecular weight is 242 g/mol. The van der Waals surface area contributed by atoms with E-state index < -0.39 is 5.97 Å². The van der Waals surface area contributed by atoms with E-state index in [1.165, 1.54) is 24.0 Å². The van der Waals surface area contributed by atoms with Crippen molar-refractivity contribution in [3.63, 3.8) is 0 Å². The van der Waals surface area contributed by atoms with Crippen LogP contribution < -0.4 is 0 Å². The second-order valence-electron chi connectivity index (χ2n) is 3.36. The lowest BCUT2D eigenvalue weighted by Gasteiger charge is -1.93. The maximum atomic E-state index is 10.6. The number of ether oxygens (including phenoxy) is 1. The molecule has 0 saturated heterocycles. The van der Waals surface area contributed by atoms with Crippen LogP contribution in [-0.2, 0) is 9.53 Å². The molecular formula is C16H18O2. The largest absolute Gasteiger partial charge is 0.431 e. The van der Waals surface area contributed by atoms with E-state index >= 15 is 0 Å². The molecule has 18 heavy (non-hydrogen) atoms. The highest BCUT2D eigenvalue weighted by Gasteiger charge is 1.97. The summed E-state index contributed by atoms with van der Waals surface area (Å²) >= 11 is 0. The lowest BCUT2D eigenvalue weighted by molar-refractivity contribution is -0.133. The summed E-state index contributed by atoms with van der Waals surface area (Å²) in [6.07, 6.45) is 6.15. The predicted molar refractivity (Wildman–Crippen MR) is 76.8 cm³/mol. The van der Waals surface area contributed by atoms with Crippen LogP contribution >= 0.6 is 0 Å². The smallest absolute Gasteiger partial charge is 0.337 e. The van der Waals surface area contributed by atoms with Crippen molar-refractivity contribution in [2.75, 3.05) is 0 Å². The third-order valence-corrected chi connectivity index (χ3v) is 1.77. The monoisotopic (exact) mass is 242 g/mol. The topological polar surface area (TPSA) is 26.3 Å². The Labute approximate surface area is 109 Å². The third kappa shape index (κ3) is 7.88. The highest BCUT2D eigenvalue weighted by Crippen LogP contribution is 1.97. The van der Waals surface area contributed by atoms with Crippen LogP contribution in [0.15, 0.2) is 74.1 Å². The fourth-order valence-electron chi connectivity index (χ4n) is 0.846. The van der Waals surface area contributed by atoms with Gasteiger partial charge in [-0.15, -0.1) is 0 Å². The van der Waals surface area contributed by atoms with Gasteiger partial charge in [0.05, 0.1) is 6.26 Å². The molecular weight excluding hydrogens is 224 g/mol. The van der Waals surface area contributed by atoms with Crippen LogP contribution in [-0.4, -0.2) is 5.97 Å². The van der Waals surface area contributed by atoms with Crippen molar-refractivity contribution in [3.05, 3.63) is 79.6 Å². The standard InChI is InChI=1S/C8H10O2.C8H8/c1-4-5-6-10-8(9)7(2)3;1-2-8-6-4-3-5-7-8/h4-6H,1-2H2,3H3;2-7H,1H2. The van der Waals surface area contributed by atoms with E-state index in [1.807, 2.05) is 36.4 Å². The molecule has 0 heterocycles. The molecule has 0 aliphatic rings. The minimum absolute atomic E-state index is 0.383. The van der Waals surface area contributed by atoms with E-state index in [0.717, 1.165) is 0 Å². The van der Waals surface area contributed by atoms with Crippen molar-refractivity contribution in [3.8, 4) is 0 Å². The van der Waals surface area contributed by atoms with E-state index in [0.29, 0.717) is 5.57 Å². The summed E-state index contributed by atoms with van der Waals surface area (Å²) in [5, 5.41) is 0. The first-order valence-electron chi connectivity index (χ1n) is 5.43. The van der Waals surface area contributed by atoms with Gasteiger partial charge in [0, 0.05) is 5.57 Å². The Hall–Kier alpha value is -2.35. The van der Waals surface area contributed by atoms with Crippen LogP contribution in [0, 0.1) is 0 Å². The van der Waals surface area contributed by atoms with Crippen molar-refractivity contribution < 1.29 is 9.53 Å². The molecule has 0 aliphatic carbocycles. The van der Waals surface area contributed by atoms with E-state index in [4.69, 9.17) is 0 Å². The van der Waals surface area contributed by atoms with E-state index in [-0.39, 0.29) is 0 Å². The summed E-state index contributed by atoms with van der Waals surface area (Å²) in [6, 6.07) is 10.0. The summed E-state index contributed by atoms with van der Waals surface area (Å²) in [7, 11) is 0. The molecule has 0 amide bonds. The van der Waals surface area contributed by atoms with Crippen molar-refractivity contribution in [1.29, 1.82) is 0 Å². The Bertz CT molecular complexity index is 428. The van der Waals surface area contributed by atoms with Crippen molar-refractivity contribution in [2.45, 2.75) is 6.92 Å². The van der Waals surface area contributed by atoms with Gasteiger partial charge in [0.15, 0.2) is 0 Å². The van der Waals surface area contributed by atoms with Crippen LogP contribution in [0.1, 0.15) is 12.5 Å². The number of rotatable bonds is 4. The first-order chi connectivity index (χ1) is 8.61. The Kier molecular flexibility index (Phi) is 8.56. The second kappa shape index (κ2) is 9.85. The Morgan fingerprint density at radius 1 is 1.22 bits per heavy atom. The van der Waals surface area contributed by atoms with Crippen LogP contribution in [0.4, 0.5) is 0 Å². The molecule has 1 aromatic rings. The van der Waals surface area contributed by atoms with Crippen LogP contribution in [0.25, 0.3) is 6.08 Å². The van der Waals surface area contributed by atoms with Crippen LogP contribution in [0.2, 0.25) is 0 Å². The molecule has 0 aliphatic heterocycles. The quantitative estimate of drug-likeness (QED) is 0.343. The number of carbonyl (C=O) groups is 1. The Balaban J connectivity index is 0.000000327. The van der Waals surface area contributed by atoms with Gasteiger partial charge >= 0.3 is 5.97 Å². The Morgan fingerprint density at radius 3 is 2.22 bits per heavy atom. The highest BCUT2D eigenvalue weighted by atomic mass is 16.5. The van der Waals surface area contributed by atoms with Gasteiger partial charge in [-0.1, -0.05) is 62.2 Å². The molecule has 1 rings (SSSR count). The van der Waals surface area contributed by atoms with Gasteiger partial charge in [-0.3, -0.25) is 0 Å². The summed E-state index contributed by atoms with van der Waals surface area (Å²) < 4.78 is 4.55. The van der Waals surface area contributed by atoms with E-state index in [9.17, 15) is 4.79 Å². The summed E-state index contributed by atoms with van der Waals surface area (Å²) in [4.78, 5) is 10.6. The molecule has 1 aromatic carbocycles. The fraction of sp³-hybridized carbons (Fsp3) is 0.0625. The molecule has 2 nitrogen and oxygen atoms in total. The van der Waals surface area contributed by atoms with E-state index in [2.05, 4.69) is 24.5 Å². The number of carbonyl (C=O) groups excluding carboxylic acids is 1. The van der Waals surface area contributed by atoms with Gasteiger partial charge in [0.2, 0.25) is 0 Å². The zero-order valence-corrected chi connectivity index (χ0v) is 10.6. The maximum Gasteiger partial charge on any atom is 0.337 e. The Morgan fingerprint density at radius 2 is 1.83 bits per heavy atom. The molecule has 0 N–H and O–H groups in total. The summed E-state index contributed by atoms with van der Waals surface area (Å²) in [5.74, 6) is -0.418. The predicted octanol–water partition coefficient (Wildman–Crippen LogP) is 4.14. The lowest BCUT2D eigenvalue weighted by atomic mass is 10.2. The number of hydrogen-bond donors (Lipinski definition) is 0. The maximum absolute atomic E-state index is 10.6. The number of allylic oxidation sites excluding steroid dienone is 2. The molecule has 0 radical (unpaired) electrons. The molecule has 94 valence electrons. The number of benzene rings is 1. The van der Waals surface area contributed by atoms with Gasteiger partial charge in [-0.05, 0) is 18.6 Å². The molecule has 0 atom stereocenters. The van der Waals surface area contributed by atoms with Gasteiger partial charge in [-0.2, -0.15) is 0 Å². The zero-order chi connectivity index (χ0) is 13.8. The van der Waals surface area contributed by atoms with Crippen molar-refractivity contribution in [2.24, 2.45) is 0 Å². The van der Waals surface area contributed by atoms with Gasteiger partial charge in [0.1, 0.15) is 0 Å². The number of esters is 1. The normalized spacial score (nSPS) is 8.94. The minimum Gasteiger partial charge on any atom is -0.431 e. The van der Waals surface area contributed by atoms with Crippen molar-refractivity contribution in [1.82, 2.24) is 0 Å². The molecule has 0 unspecified atom stereocenters. The SMILES string of the molecule is C=CC=COC(=O)C(=C)C.C=Cc1ccccc1. The molecule has 0 aromatic heterocycles. The highest BCUT2D eigenvalue weighted by molar-refractivity contribution is 5.87. The second-order valence-corrected chi connectivity index (χ2v) is 3.36. The van der Waals surface area contributed by atoms with Crippen LogP contribution in [0.3, 0.4) is 0 Å². The summed E-state index contributed by atoms with van der Waals surface area (Å²) in [6.45, 7) is 12.0.